The lowest BCUT2D eigenvalue weighted by Gasteiger charge is -2.38. The van der Waals surface area contributed by atoms with Crippen molar-refractivity contribution in [2.75, 3.05) is 7.11 Å². The Morgan fingerprint density at radius 2 is 1.88 bits per heavy atom. The zero-order valence-electron chi connectivity index (χ0n) is 14.1. The number of β-lactam (4-membered cyclic amide) rings is 1. The van der Waals surface area contributed by atoms with Crippen LogP contribution in [-0.2, 0) is 4.79 Å². The predicted octanol–water partition coefficient (Wildman–Crippen LogP) is 3.82. The fourth-order valence-electron chi connectivity index (χ4n) is 2.62. The summed E-state index contributed by atoms with van der Waals surface area (Å²) < 4.78 is 5.14. The number of hydrogen-bond donors (Lipinski definition) is 1. The molecule has 1 fully saturated rings. The van der Waals surface area contributed by atoms with Crippen molar-refractivity contribution < 1.29 is 14.3 Å². The van der Waals surface area contributed by atoms with Gasteiger partial charge in [-0.1, -0.05) is 42.1 Å². The molecule has 0 radical (unpaired) electrons. The van der Waals surface area contributed by atoms with Crippen LogP contribution >= 0.6 is 11.8 Å². The SMILES string of the molecule is COc1ccc(S[C@@H]2CC(=O)N2C(=O)N[C@@H](C)c2ccccc2)cc1. The maximum Gasteiger partial charge on any atom is 0.325 e. The van der Waals surface area contributed by atoms with Crippen LogP contribution in [0.2, 0.25) is 0 Å². The molecule has 0 aromatic heterocycles. The largest absolute Gasteiger partial charge is 0.497 e. The Bertz CT molecular complexity index is 749. The molecule has 2 aromatic rings. The molecule has 25 heavy (non-hydrogen) atoms. The van der Waals surface area contributed by atoms with Crippen molar-refractivity contribution in [1.82, 2.24) is 10.2 Å². The number of imide groups is 1. The van der Waals surface area contributed by atoms with Crippen LogP contribution in [0.5, 0.6) is 5.75 Å². The number of likely N-dealkylation sites (tertiary alicyclic amines) is 1. The predicted molar refractivity (Wildman–Crippen MR) is 97.5 cm³/mol. The lowest BCUT2D eigenvalue weighted by atomic mass is 10.1. The van der Waals surface area contributed by atoms with Crippen LogP contribution in [0.3, 0.4) is 0 Å². The van der Waals surface area contributed by atoms with Gasteiger partial charge >= 0.3 is 6.03 Å². The van der Waals surface area contributed by atoms with Gasteiger partial charge in [-0.05, 0) is 36.8 Å². The van der Waals surface area contributed by atoms with Gasteiger partial charge in [-0.2, -0.15) is 0 Å². The Morgan fingerprint density at radius 3 is 2.48 bits per heavy atom. The van der Waals surface area contributed by atoms with Crippen LogP contribution in [0, 0.1) is 0 Å². The molecular weight excluding hydrogens is 336 g/mol. The van der Waals surface area contributed by atoms with Gasteiger partial charge in [0.2, 0.25) is 5.91 Å². The molecule has 3 rings (SSSR count). The third-order valence-electron chi connectivity index (χ3n) is 4.10. The molecule has 0 spiro atoms. The van der Waals surface area contributed by atoms with E-state index >= 15 is 0 Å². The van der Waals surface area contributed by atoms with Crippen LogP contribution in [-0.4, -0.2) is 29.3 Å². The van der Waals surface area contributed by atoms with Gasteiger partial charge in [0.05, 0.1) is 19.6 Å². The van der Waals surface area contributed by atoms with Crippen LogP contribution in [0.25, 0.3) is 0 Å². The molecule has 6 heteroatoms. The molecule has 0 aliphatic carbocycles. The number of urea groups is 1. The molecule has 1 aliphatic heterocycles. The first-order valence-corrected chi connectivity index (χ1v) is 8.94. The van der Waals surface area contributed by atoms with E-state index in [1.165, 1.54) is 16.7 Å². The first-order valence-electron chi connectivity index (χ1n) is 8.06. The molecule has 0 bridgehead atoms. The Morgan fingerprint density at radius 1 is 1.20 bits per heavy atom. The molecule has 3 amide bonds. The summed E-state index contributed by atoms with van der Waals surface area (Å²) in [6, 6.07) is 16.8. The van der Waals surface area contributed by atoms with Gasteiger partial charge in [-0.3, -0.25) is 9.69 Å². The zero-order valence-corrected chi connectivity index (χ0v) is 15.0. The van der Waals surface area contributed by atoms with Crippen LogP contribution in [0.1, 0.15) is 24.9 Å². The number of nitrogens with zero attached hydrogens (tertiary/aromatic N) is 1. The Hall–Kier alpha value is -2.47. The number of benzene rings is 2. The van der Waals surface area contributed by atoms with Crippen molar-refractivity contribution in [3.05, 3.63) is 60.2 Å². The van der Waals surface area contributed by atoms with Crippen LogP contribution in [0.4, 0.5) is 4.79 Å². The van der Waals surface area contributed by atoms with Gasteiger partial charge in [0.1, 0.15) is 11.1 Å². The quantitative estimate of drug-likeness (QED) is 0.828. The number of amides is 3. The first kappa shape index (κ1) is 17.4. The van der Waals surface area contributed by atoms with E-state index in [0.717, 1.165) is 16.2 Å². The van der Waals surface area contributed by atoms with E-state index in [1.54, 1.807) is 7.11 Å². The van der Waals surface area contributed by atoms with E-state index in [9.17, 15) is 9.59 Å². The molecule has 0 unspecified atom stereocenters. The molecular formula is C19H20N2O3S. The summed E-state index contributed by atoms with van der Waals surface area (Å²) in [5.74, 6) is 0.629. The summed E-state index contributed by atoms with van der Waals surface area (Å²) in [4.78, 5) is 26.7. The van der Waals surface area contributed by atoms with Gasteiger partial charge in [0.15, 0.2) is 0 Å². The summed E-state index contributed by atoms with van der Waals surface area (Å²) in [6.45, 7) is 1.91. The lowest BCUT2D eigenvalue weighted by molar-refractivity contribution is -0.137. The van der Waals surface area contributed by atoms with Crippen molar-refractivity contribution in [1.29, 1.82) is 0 Å². The Kier molecular flexibility index (Phi) is 5.28. The highest BCUT2D eigenvalue weighted by molar-refractivity contribution is 8.00. The smallest absolute Gasteiger partial charge is 0.325 e. The van der Waals surface area contributed by atoms with E-state index in [2.05, 4.69) is 5.32 Å². The highest BCUT2D eigenvalue weighted by Crippen LogP contribution is 2.35. The average molecular weight is 356 g/mol. The van der Waals surface area contributed by atoms with Crippen molar-refractivity contribution in [3.8, 4) is 5.75 Å². The maximum absolute atomic E-state index is 12.5. The minimum atomic E-state index is -0.349. The van der Waals surface area contributed by atoms with Gasteiger partial charge in [-0.15, -0.1) is 0 Å². The summed E-state index contributed by atoms with van der Waals surface area (Å²) >= 11 is 1.50. The number of thioether (sulfide) groups is 1. The summed E-state index contributed by atoms with van der Waals surface area (Å²) in [5.41, 5.74) is 1.00. The van der Waals surface area contributed by atoms with Gasteiger partial charge in [0, 0.05) is 4.90 Å². The van der Waals surface area contributed by atoms with Gasteiger partial charge < -0.3 is 10.1 Å². The van der Waals surface area contributed by atoms with Crippen molar-refractivity contribution >= 4 is 23.7 Å². The standard InChI is InChI=1S/C19H20N2O3S/c1-13(14-6-4-3-5-7-14)20-19(23)21-17(22)12-18(21)25-16-10-8-15(24-2)9-11-16/h3-11,13,18H,12H2,1-2H3,(H,20,23)/t13-,18+/m0/s1. The fraction of sp³-hybridized carbons (Fsp3) is 0.263. The summed E-state index contributed by atoms with van der Waals surface area (Å²) in [7, 11) is 1.62. The highest BCUT2D eigenvalue weighted by atomic mass is 32.2. The average Bonchev–Trinajstić information content (AvgIpc) is 2.62. The number of ether oxygens (including phenoxy) is 1. The molecule has 2 atom stereocenters. The second kappa shape index (κ2) is 7.61. The van der Waals surface area contributed by atoms with E-state index < -0.39 is 0 Å². The number of methoxy groups -OCH3 is 1. The number of rotatable bonds is 5. The second-order valence-corrected chi connectivity index (χ2v) is 7.05. The van der Waals surface area contributed by atoms with E-state index in [4.69, 9.17) is 4.74 Å². The number of hydrogen-bond acceptors (Lipinski definition) is 4. The zero-order chi connectivity index (χ0) is 17.8. The third kappa shape index (κ3) is 3.96. The molecule has 2 aromatic carbocycles. The van der Waals surface area contributed by atoms with Crippen LogP contribution in [0.15, 0.2) is 59.5 Å². The molecule has 130 valence electrons. The molecule has 1 saturated heterocycles. The number of carbonyl (C=O) groups excluding carboxylic acids is 2. The Labute approximate surface area is 151 Å². The van der Waals surface area contributed by atoms with Crippen molar-refractivity contribution in [2.24, 2.45) is 0 Å². The summed E-state index contributed by atoms with van der Waals surface area (Å²) in [6.07, 6.45) is 0.365. The Balaban J connectivity index is 1.61. The monoisotopic (exact) mass is 356 g/mol. The maximum atomic E-state index is 12.5. The van der Waals surface area contributed by atoms with E-state index in [1.807, 2.05) is 61.5 Å². The van der Waals surface area contributed by atoms with Crippen molar-refractivity contribution in [2.45, 2.75) is 29.7 Å². The molecule has 1 aliphatic rings. The van der Waals surface area contributed by atoms with E-state index in [0.29, 0.717) is 6.42 Å². The van der Waals surface area contributed by atoms with Crippen LogP contribution < -0.4 is 10.1 Å². The first-order chi connectivity index (χ1) is 12.1. The minimum absolute atomic E-state index is 0.149. The highest BCUT2D eigenvalue weighted by Gasteiger charge is 2.41. The molecule has 5 nitrogen and oxygen atoms in total. The normalized spacial score (nSPS) is 17.6. The topological polar surface area (TPSA) is 58.6 Å². The molecule has 0 saturated carbocycles. The van der Waals surface area contributed by atoms with Crippen molar-refractivity contribution in [3.63, 3.8) is 0 Å². The number of carbonyl (C=O) groups is 2. The van der Waals surface area contributed by atoms with Gasteiger partial charge in [0.25, 0.3) is 0 Å². The number of nitrogens with one attached hydrogen (secondary N) is 1. The molecule has 1 N–H and O–H groups in total. The minimum Gasteiger partial charge on any atom is -0.497 e. The molecule has 1 heterocycles. The van der Waals surface area contributed by atoms with E-state index in [-0.39, 0.29) is 23.4 Å². The third-order valence-corrected chi connectivity index (χ3v) is 5.29. The van der Waals surface area contributed by atoms with Gasteiger partial charge in [-0.25, -0.2) is 4.79 Å². The lowest BCUT2D eigenvalue weighted by Crippen LogP contribution is -2.57. The second-order valence-electron chi connectivity index (χ2n) is 5.80. The summed E-state index contributed by atoms with van der Waals surface area (Å²) in [5, 5.41) is 2.72. The fourth-order valence-corrected chi connectivity index (χ4v) is 3.77.